The Morgan fingerprint density at radius 3 is 2.19 bits per heavy atom. The second-order valence-electron chi connectivity index (χ2n) is 6.51. The zero-order valence-corrected chi connectivity index (χ0v) is 15.9. The number of ether oxygens (including phenoxy) is 2. The van der Waals surface area contributed by atoms with E-state index in [1.165, 1.54) is 5.56 Å². The van der Waals surface area contributed by atoms with E-state index < -0.39 is 0 Å². The standard InChI is InChI=1S/C22H26N2O3/c1-26-20-15-19(16-21(17-20)27-2)22(25)24-13-11-23(12-14-24)10-6-9-18-7-4-3-5-8-18/h3-9,15-17H,10-14H2,1-2H3. The molecule has 2 aromatic rings. The van der Waals surface area contributed by atoms with Crippen molar-refractivity contribution in [3.8, 4) is 11.5 Å². The van der Waals surface area contributed by atoms with Crippen molar-refractivity contribution in [1.82, 2.24) is 9.80 Å². The van der Waals surface area contributed by atoms with Crippen molar-refractivity contribution in [3.05, 3.63) is 65.7 Å². The number of carbonyl (C=O) groups excluding carboxylic acids is 1. The number of carbonyl (C=O) groups is 1. The normalized spacial score (nSPS) is 15.1. The van der Waals surface area contributed by atoms with Gasteiger partial charge in [0.1, 0.15) is 11.5 Å². The minimum absolute atomic E-state index is 0.0201. The van der Waals surface area contributed by atoms with Crippen molar-refractivity contribution in [1.29, 1.82) is 0 Å². The molecule has 0 bridgehead atoms. The van der Waals surface area contributed by atoms with Crippen LogP contribution in [0.15, 0.2) is 54.6 Å². The van der Waals surface area contributed by atoms with Crippen LogP contribution in [0.4, 0.5) is 0 Å². The van der Waals surface area contributed by atoms with E-state index in [2.05, 4.69) is 29.2 Å². The smallest absolute Gasteiger partial charge is 0.254 e. The van der Waals surface area contributed by atoms with Crippen LogP contribution in [-0.2, 0) is 0 Å². The Kier molecular flexibility index (Phi) is 6.49. The van der Waals surface area contributed by atoms with Gasteiger partial charge >= 0.3 is 0 Å². The summed E-state index contributed by atoms with van der Waals surface area (Å²) in [6.45, 7) is 4.07. The molecule has 2 aromatic carbocycles. The van der Waals surface area contributed by atoms with Crippen molar-refractivity contribution in [2.24, 2.45) is 0 Å². The van der Waals surface area contributed by atoms with E-state index in [-0.39, 0.29) is 5.91 Å². The Balaban J connectivity index is 1.54. The van der Waals surface area contributed by atoms with Gasteiger partial charge in [0.15, 0.2) is 0 Å². The van der Waals surface area contributed by atoms with Crippen LogP contribution in [0, 0.1) is 0 Å². The third-order valence-electron chi connectivity index (χ3n) is 4.73. The van der Waals surface area contributed by atoms with Crippen molar-refractivity contribution >= 4 is 12.0 Å². The van der Waals surface area contributed by atoms with Crippen molar-refractivity contribution in [3.63, 3.8) is 0 Å². The molecule has 1 amide bonds. The zero-order chi connectivity index (χ0) is 19.1. The van der Waals surface area contributed by atoms with E-state index >= 15 is 0 Å². The summed E-state index contributed by atoms with van der Waals surface area (Å²) in [5, 5.41) is 0. The molecule has 142 valence electrons. The average molecular weight is 366 g/mol. The molecule has 27 heavy (non-hydrogen) atoms. The van der Waals surface area contributed by atoms with E-state index in [9.17, 15) is 4.79 Å². The number of rotatable bonds is 6. The lowest BCUT2D eigenvalue weighted by Gasteiger charge is -2.34. The number of benzene rings is 2. The van der Waals surface area contributed by atoms with Crippen LogP contribution < -0.4 is 9.47 Å². The first-order valence-corrected chi connectivity index (χ1v) is 9.16. The summed E-state index contributed by atoms with van der Waals surface area (Å²) in [6, 6.07) is 15.6. The Hall–Kier alpha value is -2.79. The van der Waals surface area contributed by atoms with Gasteiger partial charge in [0, 0.05) is 44.4 Å². The summed E-state index contributed by atoms with van der Waals surface area (Å²) in [5.74, 6) is 1.27. The summed E-state index contributed by atoms with van der Waals surface area (Å²) in [7, 11) is 3.18. The van der Waals surface area contributed by atoms with Gasteiger partial charge in [-0.3, -0.25) is 9.69 Å². The fourth-order valence-electron chi connectivity index (χ4n) is 3.15. The predicted molar refractivity (Wildman–Crippen MR) is 107 cm³/mol. The number of amides is 1. The molecule has 0 aliphatic carbocycles. The van der Waals surface area contributed by atoms with Crippen molar-refractivity contribution < 1.29 is 14.3 Å². The lowest BCUT2D eigenvalue weighted by Crippen LogP contribution is -2.48. The highest BCUT2D eigenvalue weighted by atomic mass is 16.5. The molecular formula is C22H26N2O3. The Labute approximate surface area is 160 Å². The second-order valence-corrected chi connectivity index (χ2v) is 6.51. The quantitative estimate of drug-likeness (QED) is 0.788. The maximum atomic E-state index is 12.8. The average Bonchev–Trinajstić information content (AvgIpc) is 2.74. The van der Waals surface area contributed by atoms with Gasteiger partial charge in [-0.05, 0) is 17.7 Å². The van der Waals surface area contributed by atoms with Crippen LogP contribution in [0.1, 0.15) is 15.9 Å². The first-order chi connectivity index (χ1) is 13.2. The lowest BCUT2D eigenvalue weighted by molar-refractivity contribution is 0.0649. The van der Waals surface area contributed by atoms with E-state index in [0.29, 0.717) is 17.1 Å². The van der Waals surface area contributed by atoms with Crippen LogP contribution >= 0.6 is 0 Å². The summed E-state index contributed by atoms with van der Waals surface area (Å²) in [5.41, 5.74) is 1.81. The Bertz CT molecular complexity index is 759. The molecular weight excluding hydrogens is 340 g/mol. The van der Waals surface area contributed by atoms with E-state index in [0.717, 1.165) is 32.7 Å². The maximum absolute atomic E-state index is 12.8. The van der Waals surface area contributed by atoms with Gasteiger partial charge in [-0.25, -0.2) is 0 Å². The van der Waals surface area contributed by atoms with Crippen molar-refractivity contribution in [2.75, 3.05) is 46.9 Å². The number of hydrogen-bond acceptors (Lipinski definition) is 4. The third kappa shape index (κ3) is 5.11. The van der Waals surface area contributed by atoms with Gasteiger partial charge in [-0.15, -0.1) is 0 Å². The van der Waals surface area contributed by atoms with Crippen molar-refractivity contribution in [2.45, 2.75) is 0 Å². The van der Waals surface area contributed by atoms with Gasteiger partial charge in [-0.1, -0.05) is 42.5 Å². The second kappa shape index (κ2) is 9.24. The highest BCUT2D eigenvalue weighted by Gasteiger charge is 2.22. The summed E-state index contributed by atoms with van der Waals surface area (Å²) in [6.07, 6.45) is 4.32. The topological polar surface area (TPSA) is 42.0 Å². The molecule has 1 aliphatic rings. The van der Waals surface area contributed by atoms with Gasteiger partial charge in [0.25, 0.3) is 5.91 Å². The minimum atomic E-state index is 0.0201. The Morgan fingerprint density at radius 2 is 1.59 bits per heavy atom. The largest absolute Gasteiger partial charge is 0.497 e. The molecule has 0 spiro atoms. The first kappa shape index (κ1) is 19.0. The lowest BCUT2D eigenvalue weighted by atomic mass is 10.1. The monoisotopic (exact) mass is 366 g/mol. The molecule has 0 atom stereocenters. The van der Waals surface area contributed by atoms with Crippen LogP contribution in [0.2, 0.25) is 0 Å². The summed E-state index contributed by atoms with van der Waals surface area (Å²) in [4.78, 5) is 17.1. The fraction of sp³-hybridized carbons (Fsp3) is 0.318. The first-order valence-electron chi connectivity index (χ1n) is 9.16. The molecule has 0 radical (unpaired) electrons. The summed E-state index contributed by atoms with van der Waals surface area (Å²) >= 11 is 0. The molecule has 1 heterocycles. The zero-order valence-electron chi connectivity index (χ0n) is 15.9. The molecule has 5 nitrogen and oxygen atoms in total. The molecule has 5 heteroatoms. The van der Waals surface area contributed by atoms with Crippen LogP contribution in [0.3, 0.4) is 0 Å². The highest BCUT2D eigenvalue weighted by molar-refractivity contribution is 5.95. The molecule has 0 unspecified atom stereocenters. The van der Waals surface area contributed by atoms with E-state index in [1.807, 2.05) is 23.1 Å². The third-order valence-corrected chi connectivity index (χ3v) is 4.73. The Morgan fingerprint density at radius 1 is 0.963 bits per heavy atom. The number of hydrogen-bond donors (Lipinski definition) is 0. The predicted octanol–water partition coefficient (Wildman–Crippen LogP) is 3.18. The van der Waals surface area contributed by atoms with E-state index in [4.69, 9.17) is 9.47 Å². The molecule has 0 saturated carbocycles. The van der Waals surface area contributed by atoms with Gasteiger partial charge in [0.2, 0.25) is 0 Å². The minimum Gasteiger partial charge on any atom is -0.497 e. The molecule has 1 saturated heterocycles. The highest BCUT2D eigenvalue weighted by Crippen LogP contribution is 2.23. The summed E-state index contributed by atoms with van der Waals surface area (Å²) < 4.78 is 10.5. The van der Waals surface area contributed by atoms with Crippen LogP contribution in [-0.4, -0.2) is 62.7 Å². The SMILES string of the molecule is COc1cc(OC)cc(C(=O)N2CCN(CC=Cc3ccccc3)CC2)c1. The number of methoxy groups -OCH3 is 2. The van der Waals surface area contributed by atoms with Crippen LogP contribution in [0.5, 0.6) is 11.5 Å². The molecule has 1 fully saturated rings. The molecule has 0 aromatic heterocycles. The van der Waals surface area contributed by atoms with Gasteiger partial charge in [0.05, 0.1) is 14.2 Å². The number of nitrogens with zero attached hydrogens (tertiary/aromatic N) is 2. The molecule has 0 N–H and O–H groups in total. The van der Waals surface area contributed by atoms with Crippen LogP contribution in [0.25, 0.3) is 6.08 Å². The maximum Gasteiger partial charge on any atom is 0.254 e. The van der Waals surface area contributed by atoms with Gasteiger partial charge < -0.3 is 14.4 Å². The fourth-order valence-corrected chi connectivity index (χ4v) is 3.15. The molecule has 3 rings (SSSR count). The van der Waals surface area contributed by atoms with E-state index in [1.54, 1.807) is 32.4 Å². The van der Waals surface area contributed by atoms with Gasteiger partial charge in [-0.2, -0.15) is 0 Å². The molecule has 1 aliphatic heterocycles. The number of piperazine rings is 1.